The van der Waals surface area contributed by atoms with Gasteiger partial charge in [0.15, 0.2) is 0 Å². The third-order valence-corrected chi connectivity index (χ3v) is 7.22. The van der Waals surface area contributed by atoms with Crippen LogP contribution in [0.5, 0.6) is 0 Å². The van der Waals surface area contributed by atoms with E-state index in [0.29, 0.717) is 42.7 Å². The van der Waals surface area contributed by atoms with Gasteiger partial charge < -0.3 is 4.90 Å². The van der Waals surface area contributed by atoms with Crippen LogP contribution in [-0.2, 0) is 13.0 Å². The standard InChI is InChI=1S/C26H26N4O3S/c1-18-27-21(17-34-18)16-28-11-13-29(14-12-28)24(31)20-7-8-22-23(15-20)26(33)30(25(22)32)10-9-19-5-3-2-4-6-19/h2-8,15,17H,9-14,16H2,1H3. The number of nitrogens with zero attached hydrogens (tertiary/aromatic N) is 4. The number of aromatic nitrogens is 1. The van der Waals surface area contributed by atoms with Crippen molar-refractivity contribution in [2.75, 3.05) is 32.7 Å². The summed E-state index contributed by atoms with van der Waals surface area (Å²) in [7, 11) is 0. The molecule has 0 spiro atoms. The second kappa shape index (κ2) is 9.48. The molecule has 34 heavy (non-hydrogen) atoms. The van der Waals surface area contributed by atoms with Crippen LogP contribution in [0.4, 0.5) is 0 Å². The van der Waals surface area contributed by atoms with Gasteiger partial charge in [-0.1, -0.05) is 30.3 Å². The fourth-order valence-electron chi connectivity index (χ4n) is 4.51. The van der Waals surface area contributed by atoms with Gasteiger partial charge in [-0.15, -0.1) is 11.3 Å². The van der Waals surface area contributed by atoms with E-state index in [9.17, 15) is 14.4 Å². The number of benzene rings is 2. The topological polar surface area (TPSA) is 73.8 Å². The molecule has 174 valence electrons. The maximum absolute atomic E-state index is 13.1. The van der Waals surface area contributed by atoms with Crippen molar-refractivity contribution in [2.45, 2.75) is 19.9 Å². The Morgan fingerprint density at radius 3 is 2.41 bits per heavy atom. The molecule has 0 radical (unpaired) electrons. The van der Waals surface area contributed by atoms with E-state index in [0.717, 1.165) is 35.9 Å². The quantitative estimate of drug-likeness (QED) is 0.513. The summed E-state index contributed by atoms with van der Waals surface area (Å²) in [6.45, 7) is 5.91. The van der Waals surface area contributed by atoms with Gasteiger partial charge in [0.2, 0.25) is 0 Å². The zero-order chi connectivity index (χ0) is 23.7. The third kappa shape index (κ3) is 4.51. The SMILES string of the molecule is Cc1nc(CN2CCN(C(=O)c3ccc4c(c3)C(=O)N(CCc3ccccc3)C4=O)CC2)cs1. The van der Waals surface area contributed by atoms with Crippen LogP contribution in [0.25, 0.3) is 0 Å². The highest BCUT2D eigenvalue weighted by molar-refractivity contribution is 7.09. The van der Waals surface area contributed by atoms with Crippen LogP contribution in [0, 0.1) is 6.92 Å². The molecule has 3 aromatic rings. The van der Waals surface area contributed by atoms with Crippen molar-refractivity contribution >= 4 is 29.1 Å². The summed E-state index contributed by atoms with van der Waals surface area (Å²) in [5.74, 6) is -0.718. The van der Waals surface area contributed by atoms with Gasteiger partial charge in [0.25, 0.3) is 17.7 Å². The number of hydrogen-bond acceptors (Lipinski definition) is 6. The highest BCUT2D eigenvalue weighted by Gasteiger charge is 2.36. The maximum atomic E-state index is 13.1. The lowest BCUT2D eigenvalue weighted by Crippen LogP contribution is -2.48. The van der Waals surface area contributed by atoms with Crippen molar-refractivity contribution in [3.63, 3.8) is 0 Å². The van der Waals surface area contributed by atoms with E-state index in [1.807, 2.05) is 42.2 Å². The van der Waals surface area contributed by atoms with Crippen molar-refractivity contribution in [3.05, 3.63) is 86.9 Å². The normalized spacial score (nSPS) is 16.3. The van der Waals surface area contributed by atoms with Gasteiger partial charge in [0.05, 0.1) is 21.8 Å². The van der Waals surface area contributed by atoms with Crippen LogP contribution in [0.3, 0.4) is 0 Å². The molecular formula is C26H26N4O3S. The van der Waals surface area contributed by atoms with Crippen LogP contribution in [-0.4, -0.2) is 70.1 Å². The number of carbonyl (C=O) groups is 3. The minimum absolute atomic E-state index is 0.102. The molecule has 0 N–H and O–H groups in total. The number of amides is 3. The van der Waals surface area contributed by atoms with Crippen LogP contribution in [0.2, 0.25) is 0 Å². The Hall–Kier alpha value is -3.36. The predicted molar refractivity (Wildman–Crippen MR) is 130 cm³/mol. The van der Waals surface area contributed by atoms with Gasteiger partial charge >= 0.3 is 0 Å². The smallest absolute Gasteiger partial charge is 0.261 e. The Bertz CT molecular complexity index is 1230. The van der Waals surface area contributed by atoms with E-state index < -0.39 is 0 Å². The molecular weight excluding hydrogens is 448 g/mol. The molecule has 0 atom stereocenters. The molecule has 3 amide bonds. The van der Waals surface area contributed by atoms with Crippen LogP contribution < -0.4 is 0 Å². The van der Waals surface area contributed by atoms with E-state index in [1.165, 1.54) is 4.90 Å². The monoisotopic (exact) mass is 474 g/mol. The first-order chi connectivity index (χ1) is 16.5. The fraction of sp³-hybridized carbons (Fsp3) is 0.308. The number of hydrogen-bond donors (Lipinski definition) is 0. The molecule has 0 saturated carbocycles. The Morgan fingerprint density at radius 2 is 1.71 bits per heavy atom. The Labute approximate surface area is 202 Å². The van der Waals surface area contributed by atoms with E-state index >= 15 is 0 Å². The fourth-order valence-corrected chi connectivity index (χ4v) is 5.12. The minimum Gasteiger partial charge on any atom is -0.336 e. The molecule has 5 rings (SSSR count). The van der Waals surface area contributed by atoms with E-state index in [4.69, 9.17) is 0 Å². The number of rotatable bonds is 6. The molecule has 2 aliphatic rings. The van der Waals surface area contributed by atoms with Gasteiger partial charge in [0.1, 0.15) is 0 Å². The Kier molecular flexibility index (Phi) is 6.26. The Balaban J connectivity index is 1.22. The molecule has 7 nitrogen and oxygen atoms in total. The van der Waals surface area contributed by atoms with Gasteiger partial charge in [-0.2, -0.15) is 0 Å². The van der Waals surface area contributed by atoms with Crippen molar-refractivity contribution in [1.29, 1.82) is 0 Å². The van der Waals surface area contributed by atoms with E-state index in [2.05, 4.69) is 15.3 Å². The highest BCUT2D eigenvalue weighted by atomic mass is 32.1. The first-order valence-electron chi connectivity index (χ1n) is 11.5. The summed E-state index contributed by atoms with van der Waals surface area (Å²) in [4.78, 5) is 48.8. The lowest BCUT2D eigenvalue weighted by Gasteiger charge is -2.34. The average Bonchev–Trinajstić information content (AvgIpc) is 3.38. The van der Waals surface area contributed by atoms with Gasteiger partial charge in [-0.05, 0) is 37.1 Å². The Morgan fingerprint density at radius 1 is 0.971 bits per heavy atom. The first kappa shape index (κ1) is 22.4. The molecule has 0 bridgehead atoms. The number of fused-ring (bicyclic) bond motifs is 1. The third-order valence-electron chi connectivity index (χ3n) is 6.40. The molecule has 0 unspecified atom stereocenters. The molecule has 0 aliphatic carbocycles. The summed E-state index contributed by atoms with van der Waals surface area (Å²) >= 11 is 1.65. The van der Waals surface area contributed by atoms with Crippen LogP contribution in [0.1, 0.15) is 47.3 Å². The summed E-state index contributed by atoms with van der Waals surface area (Å²) in [6, 6.07) is 14.6. The molecule has 3 heterocycles. The lowest BCUT2D eigenvalue weighted by atomic mass is 10.0. The number of carbonyl (C=O) groups excluding carboxylic acids is 3. The summed E-state index contributed by atoms with van der Waals surface area (Å²) in [5, 5.41) is 3.14. The van der Waals surface area contributed by atoms with Crippen molar-refractivity contribution in [3.8, 4) is 0 Å². The second-order valence-electron chi connectivity index (χ2n) is 8.68. The first-order valence-corrected chi connectivity index (χ1v) is 12.3. The minimum atomic E-state index is -0.325. The molecule has 1 saturated heterocycles. The summed E-state index contributed by atoms with van der Waals surface area (Å²) in [5.41, 5.74) is 3.28. The summed E-state index contributed by atoms with van der Waals surface area (Å²) < 4.78 is 0. The average molecular weight is 475 g/mol. The predicted octanol–water partition coefficient (Wildman–Crippen LogP) is 3.25. The highest BCUT2D eigenvalue weighted by Crippen LogP contribution is 2.25. The molecule has 2 aromatic carbocycles. The molecule has 8 heteroatoms. The number of piperazine rings is 1. The van der Waals surface area contributed by atoms with E-state index in [1.54, 1.807) is 29.5 Å². The zero-order valence-corrected chi connectivity index (χ0v) is 19.9. The van der Waals surface area contributed by atoms with E-state index in [-0.39, 0.29) is 17.7 Å². The van der Waals surface area contributed by atoms with Crippen molar-refractivity contribution in [2.24, 2.45) is 0 Å². The van der Waals surface area contributed by atoms with Gasteiger partial charge in [-0.3, -0.25) is 24.2 Å². The number of imide groups is 1. The van der Waals surface area contributed by atoms with Gasteiger partial charge in [0, 0.05) is 50.2 Å². The zero-order valence-electron chi connectivity index (χ0n) is 19.1. The van der Waals surface area contributed by atoms with Crippen LogP contribution in [0.15, 0.2) is 53.9 Å². The molecule has 2 aliphatic heterocycles. The van der Waals surface area contributed by atoms with Gasteiger partial charge in [-0.25, -0.2) is 4.98 Å². The molecule has 1 aromatic heterocycles. The maximum Gasteiger partial charge on any atom is 0.261 e. The lowest BCUT2D eigenvalue weighted by molar-refractivity contribution is 0.0625. The molecule has 1 fully saturated rings. The largest absolute Gasteiger partial charge is 0.336 e. The second-order valence-corrected chi connectivity index (χ2v) is 9.75. The summed E-state index contributed by atoms with van der Waals surface area (Å²) in [6.07, 6.45) is 0.600. The number of aryl methyl sites for hydroxylation is 1. The number of thiazole rings is 1. The van der Waals surface area contributed by atoms with Crippen molar-refractivity contribution < 1.29 is 14.4 Å². The van der Waals surface area contributed by atoms with Crippen molar-refractivity contribution in [1.82, 2.24) is 19.7 Å². The van der Waals surface area contributed by atoms with Crippen LogP contribution >= 0.6 is 11.3 Å².